The maximum absolute atomic E-state index is 12.5. The van der Waals surface area contributed by atoms with Crippen LogP contribution >= 0.6 is 0 Å². The van der Waals surface area contributed by atoms with E-state index in [1.165, 1.54) is 0 Å². The molecule has 1 amide bonds. The molecule has 0 spiro atoms. The number of hydrogen-bond donors (Lipinski definition) is 0. The van der Waals surface area contributed by atoms with Crippen LogP contribution in [0.5, 0.6) is 5.75 Å². The highest BCUT2D eigenvalue weighted by atomic mass is 16.5. The van der Waals surface area contributed by atoms with Crippen molar-refractivity contribution in [1.82, 2.24) is 14.5 Å². The van der Waals surface area contributed by atoms with Gasteiger partial charge in [-0.05, 0) is 24.6 Å². The van der Waals surface area contributed by atoms with Crippen LogP contribution in [-0.4, -0.2) is 41.6 Å². The maximum atomic E-state index is 12.5. The Labute approximate surface area is 118 Å². The zero-order valence-electron chi connectivity index (χ0n) is 12.2. The number of benzene rings is 1. The first-order chi connectivity index (χ1) is 9.52. The molecular weight excluding hydrogens is 254 g/mol. The summed E-state index contributed by atoms with van der Waals surface area (Å²) in [4.78, 5) is 18.2. The highest BCUT2D eigenvalue weighted by Crippen LogP contribution is 2.23. The van der Waals surface area contributed by atoms with Gasteiger partial charge in [-0.1, -0.05) is 12.1 Å². The van der Waals surface area contributed by atoms with Gasteiger partial charge in [0.05, 0.1) is 19.1 Å². The van der Waals surface area contributed by atoms with Crippen molar-refractivity contribution in [2.75, 3.05) is 21.2 Å². The van der Waals surface area contributed by atoms with E-state index in [0.717, 1.165) is 17.0 Å². The molecule has 0 fully saturated rings. The molecule has 0 saturated carbocycles. The largest absolute Gasteiger partial charge is 0.497 e. The molecule has 0 aliphatic carbocycles. The Morgan fingerprint density at radius 2 is 1.95 bits per heavy atom. The van der Waals surface area contributed by atoms with Gasteiger partial charge in [-0.15, -0.1) is 0 Å². The minimum atomic E-state index is -0.405. The summed E-state index contributed by atoms with van der Waals surface area (Å²) in [6.45, 7) is 1.90. The summed E-state index contributed by atoms with van der Waals surface area (Å²) in [6, 6.07) is 7.11. The van der Waals surface area contributed by atoms with Gasteiger partial charge in [0.1, 0.15) is 11.8 Å². The SMILES string of the molecule is COc1ccc(C(C(=O)N(C)C)n2cnc(C)c2)cc1. The quantitative estimate of drug-likeness (QED) is 0.854. The average Bonchev–Trinajstić information content (AvgIpc) is 2.86. The van der Waals surface area contributed by atoms with Gasteiger partial charge < -0.3 is 14.2 Å². The molecule has 0 aliphatic heterocycles. The zero-order valence-corrected chi connectivity index (χ0v) is 12.2. The minimum absolute atomic E-state index is 0.00701. The smallest absolute Gasteiger partial charge is 0.249 e. The van der Waals surface area contributed by atoms with E-state index in [2.05, 4.69) is 4.98 Å². The molecule has 0 aliphatic rings. The van der Waals surface area contributed by atoms with E-state index in [4.69, 9.17) is 4.74 Å². The summed E-state index contributed by atoms with van der Waals surface area (Å²) in [5, 5.41) is 0. The van der Waals surface area contributed by atoms with Gasteiger partial charge in [0.15, 0.2) is 0 Å². The fraction of sp³-hybridized carbons (Fsp3) is 0.333. The van der Waals surface area contributed by atoms with Crippen molar-refractivity contribution in [3.63, 3.8) is 0 Å². The van der Waals surface area contributed by atoms with Crippen LogP contribution in [0.3, 0.4) is 0 Å². The van der Waals surface area contributed by atoms with Crippen molar-refractivity contribution in [1.29, 1.82) is 0 Å². The number of carbonyl (C=O) groups excluding carboxylic acids is 1. The summed E-state index contributed by atoms with van der Waals surface area (Å²) in [7, 11) is 5.13. The Morgan fingerprint density at radius 3 is 2.40 bits per heavy atom. The fourth-order valence-corrected chi connectivity index (χ4v) is 2.05. The summed E-state index contributed by atoms with van der Waals surface area (Å²) in [6.07, 6.45) is 3.56. The molecule has 5 heteroatoms. The van der Waals surface area contributed by atoms with Crippen molar-refractivity contribution in [2.45, 2.75) is 13.0 Å². The van der Waals surface area contributed by atoms with Crippen LogP contribution in [0.4, 0.5) is 0 Å². The third-order valence-corrected chi connectivity index (χ3v) is 3.13. The minimum Gasteiger partial charge on any atom is -0.497 e. The van der Waals surface area contributed by atoms with Gasteiger partial charge in [0, 0.05) is 20.3 Å². The van der Waals surface area contributed by atoms with Gasteiger partial charge in [0.2, 0.25) is 5.91 Å². The summed E-state index contributed by atoms with van der Waals surface area (Å²) < 4.78 is 6.98. The standard InChI is InChI=1S/C15H19N3O2/c1-11-9-18(10-16-11)14(15(19)17(2)3)12-5-7-13(20-4)8-6-12/h5-10,14H,1-4H3. The van der Waals surface area contributed by atoms with E-state index in [1.807, 2.05) is 42.0 Å². The summed E-state index contributed by atoms with van der Waals surface area (Å²) >= 11 is 0. The second kappa shape index (κ2) is 5.77. The first-order valence-electron chi connectivity index (χ1n) is 6.38. The molecule has 0 saturated heterocycles. The van der Waals surface area contributed by atoms with Crippen LogP contribution in [0.1, 0.15) is 17.3 Å². The van der Waals surface area contributed by atoms with Crippen LogP contribution in [0.15, 0.2) is 36.8 Å². The normalized spacial score (nSPS) is 12.0. The molecule has 1 aromatic heterocycles. The lowest BCUT2D eigenvalue weighted by Crippen LogP contribution is -2.31. The molecule has 20 heavy (non-hydrogen) atoms. The lowest BCUT2D eigenvalue weighted by atomic mass is 10.1. The number of nitrogens with zero attached hydrogens (tertiary/aromatic N) is 3. The third-order valence-electron chi connectivity index (χ3n) is 3.13. The van der Waals surface area contributed by atoms with Crippen molar-refractivity contribution in [3.8, 4) is 5.75 Å². The zero-order chi connectivity index (χ0) is 14.7. The third kappa shape index (κ3) is 2.82. The van der Waals surface area contributed by atoms with E-state index < -0.39 is 6.04 Å². The Bertz CT molecular complexity index is 587. The Kier molecular flexibility index (Phi) is 4.08. The Balaban J connectivity index is 2.42. The molecule has 1 unspecified atom stereocenters. The molecule has 0 N–H and O–H groups in total. The van der Waals surface area contributed by atoms with Crippen LogP contribution in [0, 0.1) is 6.92 Å². The molecule has 1 aromatic carbocycles. The molecule has 2 rings (SSSR count). The number of aryl methyl sites for hydroxylation is 1. The van der Waals surface area contributed by atoms with Crippen molar-refractivity contribution in [3.05, 3.63) is 48.0 Å². The molecule has 106 valence electrons. The van der Waals surface area contributed by atoms with Gasteiger partial charge in [-0.3, -0.25) is 4.79 Å². The van der Waals surface area contributed by atoms with E-state index in [9.17, 15) is 4.79 Å². The molecule has 5 nitrogen and oxygen atoms in total. The Morgan fingerprint density at radius 1 is 1.30 bits per heavy atom. The van der Waals surface area contributed by atoms with Gasteiger partial charge in [0.25, 0.3) is 0 Å². The monoisotopic (exact) mass is 273 g/mol. The number of imidazole rings is 1. The second-order valence-electron chi connectivity index (χ2n) is 4.87. The number of amides is 1. The highest BCUT2D eigenvalue weighted by molar-refractivity contribution is 5.83. The molecular formula is C15H19N3O2. The number of rotatable bonds is 4. The topological polar surface area (TPSA) is 47.4 Å². The lowest BCUT2D eigenvalue weighted by molar-refractivity contribution is -0.131. The van der Waals surface area contributed by atoms with Crippen molar-refractivity contribution >= 4 is 5.91 Å². The van der Waals surface area contributed by atoms with E-state index in [1.54, 1.807) is 32.4 Å². The molecule has 0 bridgehead atoms. The molecule has 1 atom stereocenters. The molecule has 1 heterocycles. The lowest BCUT2D eigenvalue weighted by Gasteiger charge is -2.22. The molecule has 0 radical (unpaired) electrons. The highest BCUT2D eigenvalue weighted by Gasteiger charge is 2.24. The number of likely N-dealkylation sites (N-methyl/N-ethyl adjacent to an activating group) is 1. The number of hydrogen-bond acceptors (Lipinski definition) is 3. The van der Waals surface area contributed by atoms with E-state index in [-0.39, 0.29) is 5.91 Å². The first kappa shape index (κ1) is 14.1. The van der Waals surface area contributed by atoms with Crippen LogP contribution in [0.2, 0.25) is 0 Å². The first-order valence-corrected chi connectivity index (χ1v) is 6.38. The summed E-state index contributed by atoms with van der Waals surface area (Å²) in [5.74, 6) is 0.777. The van der Waals surface area contributed by atoms with E-state index >= 15 is 0 Å². The van der Waals surface area contributed by atoms with Crippen LogP contribution in [0.25, 0.3) is 0 Å². The number of aromatic nitrogens is 2. The molecule has 2 aromatic rings. The van der Waals surface area contributed by atoms with E-state index in [0.29, 0.717) is 0 Å². The summed E-state index contributed by atoms with van der Waals surface area (Å²) in [5.41, 5.74) is 1.79. The van der Waals surface area contributed by atoms with Crippen LogP contribution in [-0.2, 0) is 4.79 Å². The average molecular weight is 273 g/mol. The second-order valence-corrected chi connectivity index (χ2v) is 4.87. The van der Waals surface area contributed by atoms with Gasteiger partial charge in [-0.25, -0.2) is 4.98 Å². The Hall–Kier alpha value is -2.30. The van der Waals surface area contributed by atoms with Crippen molar-refractivity contribution in [2.24, 2.45) is 0 Å². The predicted octanol–water partition coefficient (Wildman–Crippen LogP) is 1.88. The van der Waals surface area contributed by atoms with Gasteiger partial charge >= 0.3 is 0 Å². The number of methoxy groups -OCH3 is 1. The predicted molar refractivity (Wildman–Crippen MR) is 76.8 cm³/mol. The maximum Gasteiger partial charge on any atom is 0.249 e. The fourth-order valence-electron chi connectivity index (χ4n) is 2.05. The number of carbonyl (C=O) groups is 1. The number of ether oxygens (including phenoxy) is 1. The van der Waals surface area contributed by atoms with Gasteiger partial charge in [-0.2, -0.15) is 0 Å². The van der Waals surface area contributed by atoms with Crippen LogP contribution < -0.4 is 4.74 Å². The van der Waals surface area contributed by atoms with Crippen molar-refractivity contribution < 1.29 is 9.53 Å².